The Kier molecular flexibility index (Phi) is 4.39. The fraction of sp³-hybridized carbons (Fsp3) is 0.125. The van der Waals surface area contributed by atoms with Crippen LogP contribution < -0.4 is 10.1 Å². The normalized spacial score (nSPS) is 10.4. The van der Waals surface area contributed by atoms with Crippen LogP contribution in [0, 0.1) is 6.92 Å². The van der Waals surface area contributed by atoms with Gasteiger partial charge in [0, 0.05) is 11.9 Å². The number of amides is 1. The molecule has 0 unspecified atom stereocenters. The Bertz CT molecular complexity index is 895. The molecule has 0 saturated carbocycles. The fourth-order valence-corrected chi connectivity index (χ4v) is 2.72. The number of aryl methyl sites for hydroxylation is 1. The summed E-state index contributed by atoms with van der Waals surface area (Å²) in [4.78, 5) is 16.8. The molecule has 1 aromatic carbocycles. The van der Waals surface area contributed by atoms with Gasteiger partial charge in [-0.15, -0.1) is 5.10 Å². The number of aromatic nitrogens is 3. The minimum Gasteiger partial charge on any atom is -0.508 e. The highest BCUT2D eigenvalue weighted by Crippen LogP contribution is 2.28. The van der Waals surface area contributed by atoms with Crippen molar-refractivity contribution >= 4 is 22.4 Å². The number of carbonyl (C=O) groups is 1. The van der Waals surface area contributed by atoms with Crippen molar-refractivity contribution in [2.24, 2.45) is 0 Å². The molecule has 3 aromatic rings. The van der Waals surface area contributed by atoms with Gasteiger partial charge in [0.05, 0.1) is 12.7 Å². The Balaban J connectivity index is 1.96. The van der Waals surface area contributed by atoms with Gasteiger partial charge in [0.2, 0.25) is 5.13 Å². The molecule has 0 atom stereocenters. The van der Waals surface area contributed by atoms with E-state index in [2.05, 4.69) is 20.5 Å². The van der Waals surface area contributed by atoms with Crippen molar-refractivity contribution in [1.82, 2.24) is 15.2 Å². The average Bonchev–Trinajstić information content (AvgIpc) is 3.02. The van der Waals surface area contributed by atoms with E-state index in [1.807, 2.05) is 13.0 Å². The van der Waals surface area contributed by atoms with Crippen LogP contribution in [0.2, 0.25) is 0 Å². The molecule has 7 nitrogen and oxygen atoms in total. The number of ether oxygens (including phenoxy) is 1. The van der Waals surface area contributed by atoms with Gasteiger partial charge in [-0.25, -0.2) is 0 Å². The third kappa shape index (κ3) is 3.33. The number of nitrogens with zero attached hydrogens (tertiary/aromatic N) is 3. The van der Waals surface area contributed by atoms with Crippen LogP contribution in [-0.2, 0) is 0 Å². The standard InChI is InChI=1S/C16H14N4O3S/c1-9-6-12(10-4-3-5-11(21)7-10)13(8-17-9)14(22)18-15-19-20-16(23-2)24-15/h3-8,21H,1-2H3,(H,18,19,22). The highest BCUT2D eigenvalue weighted by molar-refractivity contribution is 7.17. The fourth-order valence-electron chi connectivity index (χ4n) is 2.16. The lowest BCUT2D eigenvalue weighted by molar-refractivity contribution is 0.102. The molecule has 0 spiro atoms. The van der Waals surface area contributed by atoms with Gasteiger partial charge >= 0.3 is 0 Å². The molecule has 1 amide bonds. The van der Waals surface area contributed by atoms with Gasteiger partial charge in [-0.1, -0.05) is 17.2 Å². The maximum Gasteiger partial charge on any atom is 0.295 e. The van der Waals surface area contributed by atoms with E-state index < -0.39 is 0 Å². The molecule has 0 saturated heterocycles. The Labute approximate surface area is 142 Å². The zero-order valence-corrected chi connectivity index (χ0v) is 13.8. The second kappa shape index (κ2) is 6.63. The summed E-state index contributed by atoms with van der Waals surface area (Å²) >= 11 is 1.13. The zero-order valence-electron chi connectivity index (χ0n) is 13.0. The number of aromatic hydroxyl groups is 1. The average molecular weight is 342 g/mol. The number of phenolic OH excluding ortho intramolecular Hbond substituents is 1. The van der Waals surface area contributed by atoms with Crippen LogP contribution in [0.4, 0.5) is 5.13 Å². The second-order valence-corrected chi connectivity index (χ2v) is 5.89. The maximum atomic E-state index is 12.6. The van der Waals surface area contributed by atoms with Gasteiger partial charge in [-0.2, -0.15) is 0 Å². The van der Waals surface area contributed by atoms with E-state index in [1.54, 1.807) is 24.3 Å². The molecule has 0 fully saturated rings. The van der Waals surface area contributed by atoms with Gasteiger partial charge in [0.1, 0.15) is 5.75 Å². The Hall–Kier alpha value is -3.00. The second-order valence-electron chi connectivity index (χ2n) is 4.95. The van der Waals surface area contributed by atoms with Crippen LogP contribution >= 0.6 is 11.3 Å². The van der Waals surface area contributed by atoms with Crippen LogP contribution in [-0.4, -0.2) is 33.3 Å². The summed E-state index contributed by atoms with van der Waals surface area (Å²) in [5.41, 5.74) is 2.54. The lowest BCUT2D eigenvalue weighted by Crippen LogP contribution is -2.13. The topological polar surface area (TPSA) is 97.2 Å². The number of carbonyl (C=O) groups excluding carboxylic acids is 1. The van der Waals surface area contributed by atoms with Gasteiger partial charge in [0.15, 0.2) is 0 Å². The predicted molar refractivity (Wildman–Crippen MR) is 90.5 cm³/mol. The number of pyridine rings is 1. The van der Waals surface area contributed by atoms with E-state index in [-0.39, 0.29) is 11.7 Å². The molecular weight excluding hydrogens is 328 g/mol. The first-order valence-corrected chi connectivity index (χ1v) is 7.83. The number of benzene rings is 1. The molecule has 8 heteroatoms. The van der Waals surface area contributed by atoms with Crippen LogP contribution in [0.25, 0.3) is 11.1 Å². The summed E-state index contributed by atoms with van der Waals surface area (Å²) in [6.45, 7) is 1.84. The Morgan fingerprint density at radius 2 is 2.12 bits per heavy atom. The first kappa shape index (κ1) is 15.9. The van der Waals surface area contributed by atoms with E-state index in [9.17, 15) is 9.90 Å². The molecule has 2 N–H and O–H groups in total. The number of anilines is 1. The van der Waals surface area contributed by atoms with Crippen molar-refractivity contribution in [2.75, 3.05) is 12.4 Å². The van der Waals surface area contributed by atoms with Gasteiger partial charge in [0.25, 0.3) is 11.1 Å². The molecule has 0 radical (unpaired) electrons. The van der Waals surface area contributed by atoms with Crippen molar-refractivity contribution in [3.05, 3.63) is 47.8 Å². The highest BCUT2D eigenvalue weighted by atomic mass is 32.1. The summed E-state index contributed by atoms with van der Waals surface area (Å²) in [7, 11) is 1.48. The van der Waals surface area contributed by atoms with Crippen molar-refractivity contribution < 1.29 is 14.6 Å². The van der Waals surface area contributed by atoms with Crippen LogP contribution in [0.1, 0.15) is 16.1 Å². The molecule has 0 aliphatic heterocycles. The Morgan fingerprint density at radius 1 is 1.29 bits per heavy atom. The monoisotopic (exact) mass is 342 g/mol. The van der Waals surface area contributed by atoms with Gasteiger partial charge < -0.3 is 9.84 Å². The summed E-state index contributed by atoms with van der Waals surface area (Å²) in [6, 6.07) is 8.51. The number of rotatable bonds is 4. The van der Waals surface area contributed by atoms with Gasteiger partial charge in [-0.05, 0) is 47.6 Å². The molecule has 2 aromatic heterocycles. The van der Waals surface area contributed by atoms with Crippen LogP contribution in [0.15, 0.2) is 36.5 Å². The molecule has 3 rings (SSSR count). The maximum absolute atomic E-state index is 12.6. The van der Waals surface area contributed by atoms with E-state index >= 15 is 0 Å². The smallest absolute Gasteiger partial charge is 0.295 e. The lowest BCUT2D eigenvalue weighted by atomic mass is 10.00. The van der Waals surface area contributed by atoms with Crippen molar-refractivity contribution in [2.45, 2.75) is 6.92 Å². The summed E-state index contributed by atoms with van der Waals surface area (Å²) in [6.07, 6.45) is 1.50. The van der Waals surface area contributed by atoms with Gasteiger partial charge in [-0.3, -0.25) is 15.1 Å². The molecule has 0 aliphatic carbocycles. The SMILES string of the molecule is COc1nnc(NC(=O)c2cnc(C)cc2-c2cccc(O)c2)s1. The summed E-state index contributed by atoms with van der Waals surface area (Å²) < 4.78 is 4.96. The van der Waals surface area contributed by atoms with Crippen molar-refractivity contribution in [3.8, 4) is 22.1 Å². The molecule has 24 heavy (non-hydrogen) atoms. The van der Waals surface area contributed by atoms with Crippen LogP contribution in [0.3, 0.4) is 0 Å². The van der Waals surface area contributed by atoms with E-state index in [0.717, 1.165) is 22.6 Å². The largest absolute Gasteiger partial charge is 0.508 e. The first-order valence-electron chi connectivity index (χ1n) is 7.01. The Morgan fingerprint density at radius 3 is 2.83 bits per heavy atom. The molecule has 2 heterocycles. The number of methoxy groups -OCH3 is 1. The molecule has 0 aliphatic rings. The lowest BCUT2D eigenvalue weighted by Gasteiger charge is -2.10. The summed E-state index contributed by atoms with van der Waals surface area (Å²) in [5.74, 6) is -0.234. The van der Waals surface area contributed by atoms with Crippen molar-refractivity contribution in [1.29, 1.82) is 0 Å². The highest BCUT2D eigenvalue weighted by Gasteiger charge is 2.16. The zero-order chi connectivity index (χ0) is 17.1. The third-order valence-electron chi connectivity index (χ3n) is 3.24. The number of phenols is 1. The first-order chi connectivity index (χ1) is 11.6. The molecule has 122 valence electrons. The van der Waals surface area contributed by atoms with Crippen molar-refractivity contribution in [3.63, 3.8) is 0 Å². The van der Waals surface area contributed by atoms with Crippen LogP contribution in [0.5, 0.6) is 10.9 Å². The number of nitrogens with one attached hydrogen (secondary N) is 1. The minimum absolute atomic E-state index is 0.127. The molecular formula is C16H14N4O3S. The number of hydrogen-bond donors (Lipinski definition) is 2. The minimum atomic E-state index is -0.361. The third-order valence-corrected chi connectivity index (χ3v) is 4.04. The van der Waals surface area contributed by atoms with E-state index in [0.29, 0.717) is 21.5 Å². The summed E-state index contributed by atoms with van der Waals surface area (Å²) in [5, 5.41) is 20.7. The quantitative estimate of drug-likeness (QED) is 0.757. The predicted octanol–water partition coefficient (Wildman–Crippen LogP) is 2.88. The number of hydrogen-bond acceptors (Lipinski definition) is 7. The van der Waals surface area contributed by atoms with E-state index in [4.69, 9.17) is 4.74 Å². The molecule has 0 bridgehead atoms. The van der Waals surface area contributed by atoms with E-state index in [1.165, 1.54) is 13.3 Å².